The zero-order valence-corrected chi connectivity index (χ0v) is 65.7. The molecule has 6 aromatic rings. The Hall–Kier alpha value is -6.49. The third-order valence-electron chi connectivity index (χ3n) is 24.8. The Morgan fingerprint density at radius 1 is 0.491 bits per heavy atom. The lowest BCUT2D eigenvalue weighted by molar-refractivity contribution is -0.134. The minimum Gasteiger partial charge on any atom is -0.387 e. The number of rotatable bonds is 22. The maximum Gasteiger partial charge on any atom is 0.231 e. The Kier molecular flexibility index (Phi) is 24.4. The van der Waals surface area contributed by atoms with Gasteiger partial charge in [0.15, 0.2) is 0 Å². The maximum atomic E-state index is 15.1. The summed E-state index contributed by atoms with van der Waals surface area (Å²) in [7, 11) is 2.15. The van der Waals surface area contributed by atoms with Crippen LogP contribution < -0.4 is 20.0 Å². The van der Waals surface area contributed by atoms with Crippen LogP contribution >= 0.6 is 46.4 Å². The van der Waals surface area contributed by atoms with Gasteiger partial charge in [0.25, 0.3) is 0 Å². The molecule has 3 aromatic carbocycles. The molecule has 24 nitrogen and oxygen atoms in total. The molecule has 0 spiro atoms. The number of aromatic nitrogens is 6. The van der Waals surface area contributed by atoms with E-state index in [0.29, 0.717) is 143 Å². The van der Waals surface area contributed by atoms with Gasteiger partial charge in [-0.15, -0.1) is 0 Å². The number of nitrogens with one attached hydrogen (secondary N) is 1. The largest absolute Gasteiger partial charge is 0.387 e. The summed E-state index contributed by atoms with van der Waals surface area (Å²) in [6.07, 6.45) is 6.85. The predicted octanol–water partition coefficient (Wildman–Crippen LogP) is 8.30. The van der Waals surface area contributed by atoms with Crippen LogP contribution in [0.2, 0.25) is 20.1 Å². The van der Waals surface area contributed by atoms with Gasteiger partial charge in [0.05, 0.1) is 63.7 Å². The van der Waals surface area contributed by atoms with Crippen LogP contribution in [0.25, 0.3) is 0 Å². The van der Waals surface area contributed by atoms with E-state index >= 15 is 4.79 Å². The van der Waals surface area contributed by atoms with Gasteiger partial charge in [-0.05, 0) is 117 Å². The highest BCUT2D eigenvalue weighted by Crippen LogP contribution is 2.47. The first-order valence-corrected chi connectivity index (χ1v) is 40.8. The fraction of sp³-hybridized carbons (Fsp3) is 0.588. The Bertz CT molecular complexity index is 4120. The summed E-state index contributed by atoms with van der Waals surface area (Å²) in [5.74, 6) is 2.24. The van der Waals surface area contributed by atoms with Gasteiger partial charge in [0.1, 0.15) is 42.5 Å². The van der Waals surface area contributed by atoms with E-state index in [9.17, 15) is 19.8 Å². The number of aliphatic hydroxyl groups excluding tert-OH is 2. The number of halogens is 4. The van der Waals surface area contributed by atoms with Gasteiger partial charge in [-0.3, -0.25) is 29.1 Å². The van der Waals surface area contributed by atoms with Gasteiger partial charge in [0, 0.05) is 202 Å². The molecule has 0 bridgehead atoms. The zero-order valence-electron chi connectivity index (χ0n) is 62.7. The van der Waals surface area contributed by atoms with Crippen LogP contribution in [-0.4, -0.2) is 293 Å². The average Bonchev–Trinajstić information content (AvgIpc) is 1.59. The van der Waals surface area contributed by atoms with Gasteiger partial charge in [-0.2, -0.15) is 0 Å². The van der Waals surface area contributed by atoms with Crippen molar-refractivity contribution in [3.05, 3.63) is 156 Å². The van der Waals surface area contributed by atoms with Crippen LogP contribution in [0.4, 0.5) is 17.5 Å². The molecule has 11 atom stereocenters. The summed E-state index contributed by atoms with van der Waals surface area (Å²) in [6, 6.07) is 21.4. The summed E-state index contributed by atoms with van der Waals surface area (Å²) in [5, 5.41) is 27.6. The summed E-state index contributed by atoms with van der Waals surface area (Å²) in [6.45, 7) is 25.3. The molecule has 0 radical (unpaired) electrons. The smallest absolute Gasteiger partial charge is 0.231 e. The molecule has 9 heterocycles. The molecule has 3 aliphatic carbocycles. The highest BCUT2D eigenvalue weighted by Gasteiger charge is 2.42. The number of carbonyl (C=O) groups excluding carboxylic acids is 3. The lowest BCUT2D eigenvalue weighted by atomic mass is 9.93. The molecular formula is C80H104Cl4N18O6. The van der Waals surface area contributed by atoms with Crippen molar-refractivity contribution in [2.75, 3.05) is 199 Å². The molecule has 15 rings (SSSR count). The van der Waals surface area contributed by atoms with E-state index < -0.39 is 18.1 Å². The molecule has 578 valence electrons. The van der Waals surface area contributed by atoms with E-state index in [1.54, 1.807) is 25.0 Å². The molecular weight excluding hydrogens is 1450 g/mol. The molecule has 6 aliphatic heterocycles. The van der Waals surface area contributed by atoms with Crippen molar-refractivity contribution < 1.29 is 29.3 Å². The number of hydrogen-bond donors (Lipinski definition) is 3. The normalized spacial score (nSPS) is 25.3. The lowest BCUT2D eigenvalue weighted by Gasteiger charge is -2.43. The molecule has 9 aliphatic rings. The van der Waals surface area contributed by atoms with E-state index in [4.69, 9.17) is 71.1 Å². The molecule has 6 saturated heterocycles. The van der Waals surface area contributed by atoms with E-state index in [-0.39, 0.29) is 65.5 Å². The van der Waals surface area contributed by atoms with Crippen LogP contribution in [-0.2, 0) is 19.1 Å². The zero-order chi connectivity index (χ0) is 74.9. The number of aliphatic hydroxyl groups is 2. The number of anilines is 3. The number of carbonyl (C=O) groups is 3. The number of fused-ring (bicyclic) bond motifs is 3. The fourth-order valence-corrected chi connectivity index (χ4v) is 19.1. The van der Waals surface area contributed by atoms with Crippen molar-refractivity contribution in [3.8, 4) is 0 Å². The first kappa shape index (κ1) is 76.9. The molecule has 28 heteroatoms. The maximum absolute atomic E-state index is 15.1. The van der Waals surface area contributed by atoms with Crippen molar-refractivity contribution >= 4 is 81.6 Å². The molecule has 3 amide bonds. The van der Waals surface area contributed by atoms with Gasteiger partial charge in [0.2, 0.25) is 17.7 Å². The second-order valence-corrected chi connectivity index (χ2v) is 33.4. The number of hydrogen-bond acceptors (Lipinski definition) is 21. The Labute approximate surface area is 655 Å². The third-order valence-corrected chi connectivity index (χ3v) is 26.0. The number of benzene rings is 3. The van der Waals surface area contributed by atoms with Gasteiger partial charge in [-0.1, -0.05) is 97.5 Å². The SMILES string of the molecule is C[C@@H]1C[C@@H](O)c2ncnc(N3CCN(C(=O)[C@H](CCN4CCNC(CC(CO[C@@H]5C[C@@H](C)c6c5ncnc6N5CCN(C(=O)[C@H](CN6CCN(C)CC6)c6ccc(Cl)cc6)CC5)N5CCN(C[C@@H](C(=O)N6CCN(c7ncnc8c7[C@H](C)C[C@H]8O)CC6)c6ccc(Cl)c(Cl)c6)CC5)C4)c4ccc(Cl)cc4)CC3)c21. The van der Waals surface area contributed by atoms with Crippen molar-refractivity contribution in [1.82, 2.24) is 74.4 Å². The highest BCUT2D eigenvalue weighted by molar-refractivity contribution is 6.42. The first-order chi connectivity index (χ1) is 52.4. The fourth-order valence-electron chi connectivity index (χ4n) is 18.6. The summed E-state index contributed by atoms with van der Waals surface area (Å²) in [5.41, 5.74) is 8.31. The number of nitrogens with zero attached hydrogens (tertiary/aromatic N) is 17. The quantitative estimate of drug-likeness (QED) is 0.0581. The molecule has 6 fully saturated rings. The van der Waals surface area contributed by atoms with Crippen molar-refractivity contribution in [1.29, 1.82) is 0 Å². The van der Waals surface area contributed by atoms with Crippen LogP contribution in [0.15, 0.2) is 85.7 Å². The minimum atomic E-state index is -0.603. The van der Waals surface area contributed by atoms with E-state index in [1.165, 1.54) is 0 Å². The van der Waals surface area contributed by atoms with E-state index in [0.717, 1.165) is 154 Å². The number of piperazine rings is 6. The molecule has 2 unspecified atom stereocenters. The number of amides is 3. The third kappa shape index (κ3) is 17.0. The lowest BCUT2D eigenvalue weighted by Crippen LogP contribution is -2.57. The van der Waals surface area contributed by atoms with Crippen molar-refractivity contribution in [2.45, 2.75) is 119 Å². The van der Waals surface area contributed by atoms with Crippen LogP contribution in [0, 0.1) is 0 Å². The number of likely N-dealkylation sites (N-methyl/N-ethyl adjacent to an activating group) is 1. The van der Waals surface area contributed by atoms with E-state index in [2.05, 4.69) is 82.3 Å². The minimum absolute atomic E-state index is 0.0220. The van der Waals surface area contributed by atoms with Crippen LogP contribution in [0.1, 0.15) is 157 Å². The van der Waals surface area contributed by atoms with E-state index in [1.807, 2.05) is 75.4 Å². The topological polar surface area (TPSA) is 226 Å². The Balaban J connectivity index is 0.629. The Morgan fingerprint density at radius 2 is 0.926 bits per heavy atom. The molecule has 3 aromatic heterocycles. The number of ether oxygens (including phenoxy) is 1. The van der Waals surface area contributed by atoms with Gasteiger partial charge < -0.3 is 59.5 Å². The summed E-state index contributed by atoms with van der Waals surface area (Å²) < 4.78 is 7.30. The van der Waals surface area contributed by atoms with Crippen LogP contribution in [0.3, 0.4) is 0 Å². The highest BCUT2D eigenvalue weighted by atomic mass is 35.5. The first-order valence-electron chi connectivity index (χ1n) is 39.3. The monoisotopic (exact) mass is 1550 g/mol. The second-order valence-electron chi connectivity index (χ2n) is 31.7. The van der Waals surface area contributed by atoms with Gasteiger partial charge in [-0.25, -0.2) is 29.9 Å². The van der Waals surface area contributed by atoms with Crippen molar-refractivity contribution in [2.24, 2.45) is 0 Å². The Morgan fingerprint density at radius 3 is 1.43 bits per heavy atom. The second kappa shape index (κ2) is 34.2. The predicted molar refractivity (Wildman–Crippen MR) is 421 cm³/mol. The molecule has 108 heavy (non-hydrogen) atoms. The standard InChI is InChI=1S/C80H104Cl4N18O6/c1-51-39-66(103)72-69(51)75(89-48-86-72)97-27-33-100(34-28-97)78(105)61(54-5-10-57(81)11-6-54)15-17-93-18-16-85-59(44-93)43-60(96-25-23-95(24-26-96)46-63(56-9-14-64(83)65(84)42-56)80(107)102-37-29-98(30-38-102)76-70-52(2)40-67(104)73(70)87-49-90-76)47-108-68-41-53(3)71-74(68)88-50-91-77(71)99-31-35-101(36-32-99)79(106)62(55-7-12-58(82)13-8-55)45-94-21-19-92(4)20-22-94/h5-14,42,48-53,59-63,66-68,85,103-104H,15-41,43-47H2,1-4H3/t51-,52-,53-,59?,60?,61-,62-,63-,66-,67-,68-/m1/s1. The van der Waals surface area contributed by atoms with Crippen molar-refractivity contribution in [3.63, 3.8) is 0 Å². The average molecular weight is 1560 g/mol. The molecule has 3 N–H and O–H groups in total. The van der Waals surface area contributed by atoms with Crippen LogP contribution in [0.5, 0.6) is 0 Å². The van der Waals surface area contributed by atoms with Gasteiger partial charge >= 0.3 is 0 Å². The summed E-state index contributed by atoms with van der Waals surface area (Å²) >= 11 is 26.2. The summed E-state index contributed by atoms with van der Waals surface area (Å²) in [4.78, 5) is 98.4. The molecule has 0 saturated carbocycles.